The molecule has 0 saturated carbocycles. The zero-order chi connectivity index (χ0) is 11.7. The van der Waals surface area contributed by atoms with Gasteiger partial charge in [-0.05, 0) is 48.9 Å². The molecule has 1 aromatic carbocycles. The van der Waals surface area contributed by atoms with Crippen LogP contribution in [0.3, 0.4) is 0 Å². The van der Waals surface area contributed by atoms with Crippen molar-refractivity contribution in [1.29, 1.82) is 0 Å². The molecule has 0 fully saturated rings. The maximum Gasteiger partial charge on any atom is 0.134 e. The molecule has 2 nitrogen and oxygen atoms in total. The SMILES string of the molecule is NCc1ccc(-c2cccc3c2CCCC3)o1. The summed E-state index contributed by atoms with van der Waals surface area (Å²) in [5, 5.41) is 0. The predicted octanol–water partition coefficient (Wildman–Crippen LogP) is 3.28. The molecule has 2 heteroatoms. The number of fused-ring (bicyclic) bond motifs is 1. The summed E-state index contributed by atoms with van der Waals surface area (Å²) in [6.45, 7) is 0.467. The summed E-state index contributed by atoms with van der Waals surface area (Å²) in [5.74, 6) is 1.82. The van der Waals surface area contributed by atoms with Crippen LogP contribution in [0.1, 0.15) is 29.7 Å². The van der Waals surface area contributed by atoms with Crippen molar-refractivity contribution in [3.05, 3.63) is 47.2 Å². The van der Waals surface area contributed by atoms with Crippen molar-refractivity contribution in [2.45, 2.75) is 32.2 Å². The molecule has 0 unspecified atom stereocenters. The number of hydrogen-bond acceptors (Lipinski definition) is 2. The third-order valence-electron chi connectivity index (χ3n) is 3.52. The number of nitrogens with two attached hydrogens (primary N) is 1. The quantitative estimate of drug-likeness (QED) is 0.855. The summed E-state index contributed by atoms with van der Waals surface area (Å²) in [6.07, 6.45) is 4.97. The highest BCUT2D eigenvalue weighted by Gasteiger charge is 2.15. The third kappa shape index (κ3) is 1.89. The van der Waals surface area contributed by atoms with Crippen molar-refractivity contribution < 1.29 is 4.42 Å². The molecule has 0 atom stereocenters. The van der Waals surface area contributed by atoms with Crippen molar-refractivity contribution in [1.82, 2.24) is 0 Å². The van der Waals surface area contributed by atoms with Crippen LogP contribution in [0.4, 0.5) is 0 Å². The lowest BCUT2D eigenvalue weighted by Gasteiger charge is -2.18. The van der Waals surface area contributed by atoms with Crippen LogP contribution in [-0.4, -0.2) is 0 Å². The van der Waals surface area contributed by atoms with Crippen LogP contribution < -0.4 is 5.73 Å². The number of aryl methyl sites for hydroxylation is 1. The molecule has 17 heavy (non-hydrogen) atoms. The highest BCUT2D eigenvalue weighted by Crippen LogP contribution is 2.32. The summed E-state index contributed by atoms with van der Waals surface area (Å²) < 4.78 is 5.76. The van der Waals surface area contributed by atoms with Crippen molar-refractivity contribution in [3.8, 4) is 11.3 Å². The average Bonchev–Trinajstić information content (AvgIpc) is 2.87. The minimum Gasteiger partial charge on any atom is -0.460 e. The normalized spacial score (nSPS) is 14.6. The molecule has 0 amide bonds. The van der Waals surface area contributed by atoms with Crippen molar-refractivity contribution in [2.75, 3.05) is 0 Å². The smallest absolute Gasteiger partial charge is 0.134 e. The van der Waals surface area contributed by atoms with E-state index in [4.69, 9.17) is 10.2 Å². The first-order chi connectivity index (χ1) is 8.38. The fourth-order valence-electron chi connectivity index (χ4n) is 2.64. The van der Waals surface area contributed by atoms with Gasteiger partial charge in [0.2, 0.25) is 0 Å². The van der Waals surface area contributed by atoms with E-state index in [-0.39, 0.29) is 0 Å². The molecular formula is C15H17NO. The van der Waals surface area contributed by atoms with Gasteiger partial charge in [0, 0.05) is 5.56 Å². The van der Waals surface area contributed by atoms with Gasteiger partial charge in [0.1, 0.15) is 11.5 Å². The van der Waals surface area contributed by atoms with Crippen LogP contribution in [0, 0.1) is 0 Å². The van der Waals surface area contributed by atoms with Gasteiger partial charge in [0.15, 0.2) is 0 Å². The van der Waals surface area contributed by atoms with Crippen molar-refractivity contribution >= 4 is 0 Å². The van der Waals surface area contributed by atoms with E-state index in [2.05, 4.69) is 18.2 Å². The summed E-state index contributed by atoms with van der Waals surface area (Å²) in [5.41, 5.74) is 9.79. The second-order valence-electron chi connectivity index (χ2n) is 4.62. The maximum absolute atomic E-state index is 5.76. The zero-order valence-corrected chi connectivity index (χ0v) is 9.91. The summed E-state index contributed by atoms with van der Waals surface area (Å²) in [7, 11) is 0. The first-order valence-electron chi connectivity index (χ1n) is 6.28. The maximum atomic E-state index is 5.76. The highest BCUT2D eigenvalue weighted by molar-refractivity contribution is 5.64. The largest absolute Gasteiger partial charge is 0.460 e. The Morgan fingerprint density at radius 2 is 1.94 bits per heavy atom. The van der Waals surface area contributed by atoms with Gasteiger partial charge in [-0.2, -0.15) is 0 Å². The van der Waals surface area contributed by atoms with E-state index >= 15 is 0 Å². The molecule has 0 saturated heterocycles. The van der Waals surface area contributed by atoms with Gasteiger partial charge in [-0.3, -0.25) is 0 Å². The Hall–Kier alpha value is -1.54. The fourth-order valence-corrected chi connectivity index (χ4v) is 2.64. The molecule has 0 spiro atoms. The lowest BCUT2D eigenvalue weighted by molar-refractivity contribution is 0.524. The van der Waals surface area contributed by atoms with E-state index in [1.54, 1.807) is 0 Å². The number of rotatable bonds is 2. The molecule has 1 heterocycles. The molecule has 1 aliphatic rings. The van der Waals surface area contributed by atoms with Crippen LogP contribution >= 0.6 is 0 Å². The average molecular weight is 227 g/mol. The Bertz CT molecular complexity index is 527. The van der Waals surface area contributed by atoms with E-state index in [1.165, 1.54) is 42.4 Å². The van der Waals surface area contributed by atoms with E-state index < -0.39 is 0 Å². The predicted molar refractivity (Wildman–Crippen MR) is 68.7 cm³/mol. The Morgan fingerprint density at radius 3 is 2.76 bits per heavy atom. The second-order valence-corrected chi connectivity index (χ2v) is 4.62. The summed E-state index contributed by atoms with van der Waals surface area (Å²) >= 11 is 0. The van der Waals surface area contributed by atoms with Crippen molar-refractivity contribution in [2.24, 2.45) is 5.73 Å². The summed E-state index contributed by atoms with van der Waals surface area (Å²) in [6, 6.07) is 10.5. The molecule has 88 valence electrons. The first kappa shape index (κ1) is 10.6. The van der Waals surface area contributed by atoms with Gasteiger partial charge in [0.05, 0.1) is 6.54 Å². The van der Waals surface area contributed by atoms with Gasteiger partial charge in [0.25, 0.3) is 0 Å². The van der Waals surface area contributed by atoms with Gasteiger partial charge in [-0.15, -0.1) is 0 Å². The molecular weight excluding hydrogens is 210 g/mol. The lowest BCUT2D eigenvalue weighted by atomic mass is 9.87. The minimum atomic E-state index is 0.467. The van der Waals surface area contributed by atoms with Crippen LogP contribution in [0.15, 0.2) is 34.7 Å². The standard InChI is InChI=1S/C15H17NO/c16-10-12-8-9-15(17-12)14-7-3-5-11-4-1-2-6-13(11)14/h3,5,7-9H,1-2,4,6,10,16H2. The van der Waals surface area contributed by atoms with E-state index in [0.29, 0.717) is 6.54 Å². The van der Waals surface area contributed by atoms with E-state index in [0.717, 1.165) is 11.5 Å². The van der Waals surface area contributed by atoms with E-state index in [1.807, 2.05) is 12.1 Å². The monoisotopic (exact) mass is 227 g/mol. The molecule has 1 aromatic heterocycles. The molecule has 0 aliphatic heterocycles. The number of furan rings is 1. The molecule has 1 aliphatic carbocycles. The van der Waals surface area contributed by atoms with E-state index in [9.17, 15) is 0 Å². The Kier molecular flexibility index (Phi) is 2.73. The number of benzene rings is 1. The lowest BCUT2D eigenvalue weighted by Crippen LogP contribution is -2.03. The zero-order valence-electron chi connectivity index (χ0n) is 9.91. The molecule has 3 rings (SSSR count). The molecule has 2 aromatic rings. The number of hydrogen-bond donors (Lipinski definition) is 1. The van der Waals surface area contributed by atoms with Gasteiger partial charge < -0.3 is 10.2 Å². The Labute approximate surface area is 101 Å². The van der Waals surface area contributed by atoms with Crippen molar-refractivity contribution in [3.63, 3.8) is 0 Å². The van der Waals surface area contributed by atoms with Gasteiger partial charge >= 0.3 is 0 Å². The molecule has 2 N–H and O–H groups in total. The third-order valence-corrected chi connectivity index (χ3v) is 3.52. The minimum absolute atomic E-state index is 0.467. The summed E-state index contributed by atoms with van der Waals surface area (Å²) in [4.78, 5) is 0. The Morgan fingerprint density at radius 1 is 1.06 bits per heavy atom. The fraction of sp³-hybridized carbons (Fsp3) is 0.333. The van der Waals surface area contributed by atoms with Crippen LogP contribution in [0.25, 0.3) is 11.3 Å². The van der Waals surface area contributed by atoms with Gasteiger partial charge in [-0.25, -0.2) is 0 Å². The first-order valence-corrected chi connectivity index (χ1v) is 6.28. The Balaban J connectivity index is 2.07. The van der Waals surface area contributed by atoms with Crippen LogP contribution in [0.2, 0.25) is 0 Å². The van der Waals surface area contributed by atoms with Gasteiger partial charge in [-0.1, -0.05) is 18.2 Å². The van der Waals surface area contributed by atoms with Crippen LogP contribution in [-0.2, 0) is 19.4 Å². The molecule has 0 bridgehead atoms. The second kappa shape index (κ2) is 4.38. The topological polar surface area (TPSA) is 39.2 Å². The molecule has 0 radical (unpaired) electrons. The highest BCUT2D eigenvalue weighted by atomic mass is 16.3. The van der Waals surface area contributed by atoms with Crippen LogP contribution in [0.5, 0.6) is 0 Å².